The molecule has 0 spiro atoms. The van der Waals surface area contributed by atoms with Crippen LogP contribution in [0.25, 0.3) is 11.1 Å². The van der Waals surface area contributed by atoms with E-state index < -0.39 is 5.97 Å². The van der Waals surface area contributed by atoms with E-state index >= 15 is 0 Å². The van der Waals surface area contributed by atoms with Crippen molar-refractivity contribution in [2.24, 2.45) is 0 Å². The van der Waals surface area contributed by atoms with Crippen LogP contribution in [0.15, 0.2) is 42.5 Å². The maximum absolute atomic E-state index is 11.4. The molecule has 1 heterocycles. The molecule has 0 saturated carbocycles. The summed E-state index contributed by atoms with van der Waals surface area (Å²) in [5, 5.41) is 12.6. The van der Waals surface area contributed by atoms with Gasteiger partial charge in [0, 0.05) is 6.54 Å². The van der Waals surface area contributed by atoms with Gasteiger partial charge in [0.1, 0.15) is 0 Å². The predicted molar refractivity (Wildman–Crippen MR) is 75.6 cm³/mol. The second-order valence-electron chi connectivity index (χ2n) is 4.76. The van der Waals surface area contributed by atoms with Gasteiger partial charge in [-0.15, -0.1) is 0 Å². The highest BCUT2D eigenvalue weighted by Gasteiger charge is 2.18. The summed E-state index contributed by atoms with van der Waals surface area (Å²) in [5.41, 5.74) is 4.29. The number of aromatic carboxylic acids is 1. The van der Waals surface area contributed by atoms with Crippen LogP contribution in [-0.2, 0) is 6.42 Å². The summed E-state index contributed by atoms with van der Waals surface area (Å²) in [7, 11) is 0. The maximum atomic E-state index is 11.4. The van der Waals surface area contributed by atoms with E-state index in [9.17, 15) is 9.90 Å². The van der Waals surface area contributed by atoms with Gasteiger partial charge < -0.3 is 10.4 Å². The third-order valence-electron chi connectivity index (χ3n) is 3.48. The molecule has 0 aromatic heterocycles. The van der Waals surface area contributed by atoms with Gasteiger partial charge in [-0.25, -0.2) is 4.79 Å². The number of nitrogens with one attached hydrogen (secondary N) is 1. The molecule has 2 aromatic carbocycles. The number of hydrogen-bond donors (Lipinski definition) is 2. The molecule has 0 aliphatic carbocycles. The summed E-state index contributed by atoms with van der Waals surface area (Å²) >= 11 is 0. The number of rotatable bonds is 2. The van der Waals surface area contributed by atoms with Gasteiger partial charge in [-0.1, -0.05) is 30.3 Å². The highest BCUT2D eigenvalue weighted by Crippen LogP contribution is 2.32. The molecule has 0 amide bonds. The number of carbonyl (C=O) groups is 1. The molecule has 0 unspecified atom stereocenters. The first kappa shape index (κ1) is 11.8. The zero-order chi connectivity index (χ0) is 13.2. The zero-order valence-corrected chi connectivity index (χ0v) is 10.5. The van der Waals surface area contributed by atoms with Gasteiger partial charge in [0.25, 0.3) is 0 Å². The lowest BCUT2D eigenvalue weighted by Crippen LogP contribution is -2.16. The summed E-state index contributed by atoms with van der Waals surface area (Å²) in [6.45, 7) is 0.845. The SMILES string of the molecule is O=C(O)c1cc(-c2ccccc2)cc2c1NCCC2. The van der Waals surface area contributed by atoms with Crippen molar-refractivity contribution < 1.29 is 9.90 Å². The topological polar surface area (TPSA) is 49.3 Å². The molecular weight excluding hydrogens is 238 g/mol. The van der Waals surface area contributed by atoms with Crippen LogP contribution in [0.2, 0.25) is 0 Å². The Kier molecular flexibility index (Phi) is 2.95. The molecule has 3 heteroatoms. The van der Waals surface area contributed by atoms with E-state index in [1.807, 2.05) is 30.3 Å². The summed E-state index contributed by atoms with van der Waals surface area (Å²) in [4.78, 5) is 11.4. The summed E-state index contributed by atoms with van der Waals surface area (Å²) in [5.74, 6) is -0.872. The van der Waals surface area contributed by atoms with E-state index in [-0.39, 0.29) is 0 Å². The molecular formula is C16H15NO2. The fraction of sp³-hybridized carbons (Fsp3) is 0.188. The Labute approximate surface area is 111 Å². The molecule has 19 heavy (non-hydrogen) atoms. The Hall–Kier alpha value is -2.29. The van der Waals surface area contributed by atoms with Crippen molar-refractivity contribution in [2.75, 3.05) is 11.9 Å². The number of fused-ring (bicyclic) bond motifs is 1. The van der Waals surface area contributed by atoms with Crippen LogP contribution in [0.1, 0.15) is 22.3 Å². The van der Waals surface area contributed by atoms with Crippen LogP contribution in [0, 0.1) is 0 Å². The van der Waals surface area contributed by atoms with E-state index in [2.05, 4.69) is 11.4 Å². The standard InChI is InChI=1S/C16H15NO2/c18-16(19)14-10-13(11-5-2-1-3-6-11)9-12-7-4-8-17-15(12)14/h1-3,5-6,9-10,17H,4,7-8H2,(H,18,19). The normalized spacial score (nSPS) is 13.5. The minimum absolute atomic E-state index is 0.371. The third-order valence-corrected chi connectivity index (χ3v) is 3.48. The van der Waals surface area contributed by atoms with Gasteiger partial charge >= 0.3 is 5.97 Å². The van der Waals surface area contributed by atoms with Crippen molar-refractivity contribution in [3.05, 3.63) is 53.6 Å². The highest BCUT2D eigenvalue weighted by molar-refractivity contribution is 5.97. The lowest BCUT2D eigenvalue weighted by molar-refractivity contribution is 0.0698. The quantitative estimate of drug-likeness (QED) is 0.862. The van der Waals surface area contributed by atoms with E-state index in [0.717, 1.165) is 41.8 Å². The first-order valence-corrected chi connectivity index (χ1v) is 6.45. The van der Waals surface area contributed by atoms with Crippen molar-refractivity contribution in [1.82, 2.24) is 0 Å². The van der Waals surface area contributed by atoms with Crippen molar-refractivity contribution in [2.45, 2.75) is 12.8 Å². The Morgan fingerprint density at radius 3 is 2.63 bits per heavy atom. The molecule has 0 saturated heterocycles. The maximum Gasteiger partial charge on any atom is 0.337 e. The number of aryl methyl sites for hydroxylation is 1. The van der Waals surface area contributed by atoms with Gasteiger partial charge in [0.2, 0.25) is 0 Å². The van der Waals surface area contributed by atoms with Gasteiger partial charge in [-0.2, -0.15) is 0 Å². The molecule has 3 nitrogen and oxygen atoms in total. The minimum atomic E-state index is -0.872. The average Bonchev–Trinajstić information content (AvgIpc) is 2.47. The lowest BCUT2D eigenvalue weighted by atomic mass is 9.93. The number of carboxylic acid groups (broad SMARTS) is 1. The fourth-order valence-corrected chi connectivity index (χ4v) is 2.57. The van der Waals surface area contributed by atoms with Gasteiger partial charge in [-0.3, -0.25) is 0 Å². The molecule has 0 bridgehead atoms. The van der Waals surface area contributed by atoms with Gasteiger partial charge in [0.05, 0.1) is 11.3 Å². The van der Waals surface area contributed by atoms with E-state index in [0.29, 0.717) is 5.56 Å². The third kappa shape index (κ3) is 2.19. The second-order valence-corrected chi connectivity index (χ2v) is 4.76. The highest BCUT2D eigenvalue weighted by atomic mass is 16.4. The van der Waals surface area contributed by atoms with Crippen LogP contribution in [0.5, 0.6) is 0 Å². The van der Waals surface area contributed by atoms with Crippen molar-refractivity contribution in [3.63, 3.8) is 0 Å². The predicted octanol–water partition coefficient (Wildman–Crippen LogP) is 3.41. The smallest absolute Gasteiger partial charge is 0.337 e. The Bertz CT molecular complexity index is 620. The van der Waals surface area contributed by atoms with Crippen molar-refractivity contribution in [1.29, 1.82) is 0 Å². The van der Waals surface area contributed by atoms with E-state index in [1.165, 1.54) is 0 Å². The van der Waals surface area contributed by atoms with Crippen molar-refractivity contribution >= 4 is 11.7 Å². The minimum Gasteiger partial charge on any atom is -0.478 e. The Morgan fingerprint density at radius 2 is 1.89 bits per heavy atom. The molecule has 0 atom stereocenters. The van der Waals surface area contributed by atoms with Crippen LogP contribution in [0.3, 0.4) is 0 Å². The first-order valence-electron chi connectivity index (χ1n) is 6.45. The summed E-state index contributed by atoms with van der Waals surface area (Å²) in [6, 6.07) is 13.8. The van der Waals surface area contributed by atoms with Crippen LogP contribution in [0.4, 0.5) is 5.69 Å². The molecule has 1 aliphatic rings. The van der Waals surface area contributed by atoms with Crippen LogP contribution >= 0.6 is 0 Å². The zero-order valence-electron chi connectivity index (χ0n) is 10.5. The summed E-state index contributed by atoms with van der Waals surface area (Å²) in [6.07, 6.45) is 1.98. The first-order chi connectivity index (χ1) is 9.25. The molecule has 0 radical (unpaired) electrons. The molecule has 2 aromatic rings. The molecule has 3 rings (SSSR count). The lowest BCUT2D eigenvalue weighted by Gasteiger charge is -2.21. The molecule has 0 fully saturated rings. The monoisotopic (exact) mass is 253 g/mol. The second kappa shape index (κ2) is 4.76. The van der Waals surface area contributed by atoms with E-state index in [1.54, 1.807) is 6.07 Å². The van der Waals surface area contributed by atoms with E-state index in [4.69, 9.17) is 0 Å². The molecule has 96 valence electrons. The number of hydrogen-bond acceptors (Lipinski definition) is 2. The fourth-order valence-electron chi connectivity index (χ4n) is 2.57. The number of anilines is 1. The van der Waals surface area contributed by atoms with Crippen LogP contribution < -0.4 is 5.32 Å². The molecule has 1 aliphatic heterocycles. The average molecular weight is 253 g/mol. The van der Waals surface area contributed by atoms with Gasteiger partial charge in [-0.05, 0) is 41.7 Å². The summed E-state index contributed by atoms with van der Waals surface area (Å²) < 4.78 is 0. The van der Waals surface area contributed by atoms with Crippen molar-refractivity contribution in [3.8, 4) is 11.1 Å². The number of carboxylic acids is 1. The Morgan fingerprint density at radius 1 is 1.11 bits per heavy atom. The van der Waals surface area contributed by atoms with Gasteiger partial charge in [0.15, 0.2) is 0 Å². The Balaban J connectivity index is 2.17. The largest absolute Gasteiger partial charge is 0.478 e. The number of benzene rings is 2. The van der Waals surface area contributed by atoms with Crippen LogP contribution in [-0.4, -0.2) is 17.6 Å². The molecule has 2 N–H and O–H groups in total.